The van der Waals surface area contributed by atoms with Crippen LogP contribution in [-0.4, -0.2) is 47.5 Å². The van der Waals surface area contributed by atoms with Gasteiger partial charge in [0.25, 0.3) is 0 Å². The van der Waals surface area contributed by atoms with Gasteiger partial charge in [0.2, 0.25) is 0 Å². The highest BCUT2D eigenvalue weighted by atomic mass is 16.5. The van der Waals surface area contributed by atoms with Crippen molar-refractivity contribution >= 4 is 0 Å². The van der Waals surface area contributed by atoms with Crippen molar-refractivity contribution in [3.8, 4) is 17.2 Å². The fourth-order valence-corrected chi connectivity index (χ4v) is 5.26. The second-order valence-corrected chi connectivity index (χ2v) is 9.16. The molecule has 0 spiro atoms. The third-order valence-electron chi connectivity index (χ3n) is 7.37. The number of nitrogens with two attached hydrogens (primary N) is 1. The van der Waals surface area contributed by atoms with Gasteiger partial charge >= 0.3 is 0 Å². The zero-order valence-corrected chi connectivity index (χ0v) is 20.0. The molecule has 2 aromatic rings. The quantitative estimate of drug-likeness (QED) is 0.601. The number of benzene rings is 2. The number of piperidine rings is 1. The lowest BCUT2D eigenvalue weighted by atomic mass is 9.63. The number of methoxy groups -OCH3 is 3. The second-order valence-electron chi connectivity index (χ2n) is 9.16. The summed E-state index contributed by atoms with van der Waals surface area (Å²) in [6.07, 6.45) is 2.39. The molecule has 0 saturated carbocycles. The molecule has 1 saturated heterocycles. The first-order valence-electron chi connectivity index (χ1n) is 11.4. The zero-order chi connectivity index (χ0) is 22.4. The summed E-state index contributed by atoms with van der Waals surface area (Å²) >= 11 is 0. The van der Waals surface area contributed by atoms with Gasteiger partial charge in [0.1, 0.15) is 12.3 Å². The van der Waals surface area contributed by atoms with Crippen molar-refractivity contribution in [2.24, 2.45) is 5.92 Å². The predicted molar refractivity (Wildman–Crippen MR) is 124 cm³/mol. The van der Waals surface area contributed by atoms with E-state index in [1.165, 1.54) is 30.5 Å². The van der Waals surface area contributed by atoms with Gasteiger partial charge in [0, 0.05) is 29.7 Å². The summed E-state index contributed by atoms with van der Waals surface area (Å²) in [5.74, 6) is 3.13. The van der Waals surface area contributed by atoms with Crippen LogP contribution in [-0.2, 0) is 12.0 Å². The Morgan fingerprint density at radius 2 is 1.68 bits per heavy atom. The maximum absolute atomic E-state index is 5.46. The highest BCUT2D eigenvalue weighted by molar-refractivity contribution is 5.42. The molecule has 0 radical (unpaired) electrons. The van der Waals surface area contributed by atoms with Crippen LogP contribution in [0, 0.1) is 5.92 Å². The molecule has 0 bridgehead atoms. The molecule has 0 aliphatic carbocycles. The predicted octanol–water partition coefficient (Wildman–Crippen LogP) is 2.05. The number of ether oxygens (including phenoxy) is 3. The summed E-state index contributed by atoms with van der Waals surface area (Å²) in [4.78, 5) is 1.64. The van der Waals surface area contributed by atoms with E-state index in [0.717, 1.165) is 30.3 Å². The largest absolute Gasteiger partial charge is 0.497 e. The molecule has 0 amide bonds. The average Bonchev–Trinajstić information content (AvgIpc) is 2.79. The van der Waals surface area contributed by atoms with E-state index >= 15 is 0 Å². The number of likely N-dealkylation sites (tertiary alicyclic amines) is 1. The number of nitrogens with one attached hydrogen (secondary N) is 1. The summed E-state index contributed by atoms with van der Waals surface area (Å²) in [6.45, 7) is 8.08. The van der Waals surface area contributed by atoms with Gasteiger partial charge in [-0.3, -0.25) is 0 Å². The number of hydrogen-bond acceptors (Lipinski definition) is 3. The lowest BCUT2D eigenvalue weighted by Gasteiger charge is -2.47. The van der Waals surface area contributed by atoms with Crippen LogP contribution in [0.15, 0.2) is 42.5 Å². The van der Waals surface area contributed by atoms with Crippen molar-refractivity contribution in [2.45, 2.75) is 44.7 Å². The van der Waals surface area contributed by atoms with Crippen molar-refractivity contribution in [3.63, 3.8) is 0 Å². The first-order valence-corrected chi connectivity index (χ1v) is 11.4. The van der Waals surface area contributed by atoms with Gasteiger partial charge in [-0.05, 0) is 42.8 Å². The van der Waals surface area contributed by atoms with Crippen LogP contribution in [0.25, 0.3) is 0 Å². The molecule has 170 valence electrons. The molecule has 5 nitrogen and oxygen atoms in total. The Bertz CT molecular complexity index is 839. The first-order chi connectivity index (χ1) is 14.9. The Balaban J connectivity index is 1.72. The molecular weight excluding hydrogens is 388 g/mol. The van der Waals surface area contributed by atoms with E-state index in [4.69, 9.17) is 14.2 Å². The summed E-state index contributed by atoms with van der Waals surface area (Å²) in [5.41, 5.74) is 2.92. The van der Waals surface area contributed by atoms with Gasteiger partial charge in [-0.15, -0.1) is 0 Å². The van der Waals surface area contributed by atoms with Crippen LogP contribution < -0.4 is 24.4 Å². The Kier molecular flexibility index (Phi) is 7.84. The number of hydrogen-bond donors (Lipinski definition) is 2. The smallest absolute Gasteiger partial charge is 0.161 e. The summed E-state index contributed by atoms with van der Waals surface area (Å²) in [5, 5.41) is 2.43. The lowest BCUT2D eigenvalue weighted by Crippen LogP contribution is -3.15. The number of rotatable bonds is 9. The Hall–Kier alpha value is -2.24. The van der Waals surface area contributed by atoms with Gasteiger partial charge in [-0.1, -0.05) is 19.1 Å². The molecule has 4 unspecified atom stereocenters. The van der Waals surface area contributed by atoms with Crippen LogP contribution in [0.4, 0.5) is 0 Å². The molecule has 4 atom stereocenters. The van der Waals surface area contributed by atoms with Gasteiger partial charge < -0.3 is 24.4 Å². The highest BCUT2D eigenvalue weighted by Gasteiger charge is 2.46. The zero-order valence-electron chi connectivity index (χ0n) is 20.0. The Labute approximate surface area is 187 Å². The van der Waals surface area contributed by atoms with Gasteiger partial charge in [-0.25, -0.2) is 0 Å². The van der Waals surface area contributed by atoms with E-state index < -0.39 is 0 Å². The molecule has 2 aromatic carbocycles. The maximum Gasteiger partial charge on any atom is 0.161 e. The second kappa shape index (κ2) is 10.4. The summed E-state index contributed by atoms with van der Waals surface area (Å²) in [7, 11) is 7.43. The van der Waals surface area contributed by atoms with E-state index in [1.807, 2.05) is 6.07 Å². The average molecular weight is 429 g/mol. The van der Waals surface area contributed by atoms with Gasteiger partial charge in [0.15, 0.2) is 11.5 Å². The minimum Gasteiger partial charge on any atom is -0.497 e. The van der Waals surface area contributed by atoms with Crippen LogP contribution in [0.3, 0.4) is 0 Å². The van der Waals surface area contributed by atoms with E-state index in [1.54, 1.807) is 26.2 Å². The fraction of sp³-hybridized carbons (Fsp3) is 0.538. The molecule has 1 heterocycles. The van der Waals surface area contributed by atoms with E-state index in [0.29, 0.717) is 12.0 Å². The van der Waals surface area contributed by atoms with Crippen molar-refractivity contribution < 1.29 is 24.4 Å². The molecule has 3 rings (SSSR count). The number of quaternary nitrogens is 2. The molecular formula is C26H40N2O3+2. The topological polar surface area (TPSA) is 48.7 Å². The standard InChI is InChI=1S/C26H38N2O3/c1-19-18-28(3)20(2)16-26(19,22-8-10-23(29-4)11-9-22)13-14-27-17-21-7-12-24(30-5)25(15-21)31-6/h7-12,15,19-20,27H,13-14,16-18H2,1-6H3/p+2. The molecule has 5 heteroatoms. The van der Waals surface area contributed by atoms with Crippen LogP contribution in [0.5, 0.6) is 17.2 Å². The Morgan fingerprint density at radius 1 is 0.968 bits per heavy atom. The van der Waals surface area contributed by atoms with Crippen molar-refractivity contribution in [1.82, 2.24) is 0 Å². The van der Waals surface area contributed by atoms with E-state index in [9.17, 15) is 0 Å². The monoisotopic (exact) mass is 428 g/mol. The highest BCUT2D eigenvalue weighted by Crippen LogP contribution is 2.41. The minimum atomic E-state index is 0.208. The Morgan fingerprint density at radius 3 is 2.32 bits per heavy atom. The van der Waals surface area contributed by atoms with Crippen LogP contribution >= 0.6 is 0 Å². The van der Waals surface area contributed by atoms with Crippen molar-refractivity contribution in [2.75, 3.05) is 41.5 Å². The summed E-state index contributed by atoms with van der Waals surface area (Å²) < 4.78 is 16.2. The van der Waals surface area contributed by atoms with Crippen LogP contribution in [0.2, 0.25) is 0 Å². The third-order valence-corrected chi connectivity index (χ3v) is 7.37. The normalized spacial score (nSPS) is 25.8. The fourth-order valence-electron chi connectivity index (χ4n) is 5.26. The molecule has 3 N–H and O–H groups in total. The van der Waals surface area contributed by atoms with Gasteiger partial charge in [-0.2, -0.15) is 0 Å². The molecule has 1 fully saturated rings. The first kappa shape index (κ1) is 23.4. The van der Waals surface area contributed by atoms with Crippen LogP contribution in [0.1, 0.15) is 37.8 Å². The molecule has 31 heavy (non-hydrogen) atoms. The van der Waals surface area contributed by atoms with Crippen molar-refractivity contribution in [1.29, 1.82) is 0 Å². The lowest BCUT2D eigenvalue weighted by molar-refractivity contribution is -0.915. The maximum atomic E-state index is 5.46. The minimum absolute atomic E-state index is 0.208. The van der Waals surface area contributed by atoms with Crippen molar-refractivity contribution in [3.05, 3.63) is 53.6 Å². The summed E-state index contributed by atoms with van der Waals surface area (Å²) in [6, 6.07) is 15.7. The van der Waals surface area contributed by atoms with E-state index in [-0.39, 0.29) is 5.41 Å². The van der Waals surface area contributed by atoms with E-state index in [2.05, 4.69) is 62.6 Å². The SMILES string of the molecule is COc1ccc(C2(CC[NH2+]Cc3ccc(OC)c(OC)c3)CC(C)[NH+](C)CC2C)cc1. The molecule has 1 aliphatic heterocycles. The molecule has 1 aliphatic rings. The van der Waals surface area contributed by atoms with Gasteiger partial charge in [0.05, 0.1) is 47.5 Å². The molecule has 0 aromatic heterocycles. The third kappa shape index (κ3) is 5.16.